The zero-order valence-corrected chi connectivity index (χ0v) is 14.0. The molecule has 0 unspecified atom stereocenters. The van der Waals surface area contributed by atoms with E-state index in [1.807, 2.05) is 4.90 Å². The Bertz CT molecular complexity index is 549. The molecule has 0 aromatic carbocycles. The fraction of sp³-hybridized carbons (Fsp3) is 0.611. The molecule has 1 aliphatic carbocycles. The van der Waals surface area contributed by atoms with Crippen LogP contribution in [0.4, 0.5) is 4.79 Å². The molecule has 2 N–H and O–H groups in total. The van der Waals surface area contributed by atoms with Crippen LogP contribution in [0.25, 0.3) is 0 Å². The molecule has 2 aliphatic rings. The Balaban J connectivity index is 1.41. The van der Waals surface area contributed by atoms with E-state index in [0.717, 1.165) is 25.7 Å². The summed E-state index contributed by atoms with van der Waals surface area (Å²) < 4.78 is 0. The van der Waals surface area contributed by atoms with Crippen LogP contribution in [0, 0.1) is 0 Å². The second-order valence-electron chi connectivity index (χ2n) is 6.76. The zero-order valence-electron chi connectivity index (χ0n) is 14.0. The van der Waals surface area contributed by atoms with Crippen LogP contribution in [0.15, 0.2) is 24.5 Å². The fourth-order valence-electron chi connectivity index (χ4n) is 3.56. The highest BCUT2D eigenvalue weighted by molar-refractivity contribution is 5.94. The molecule has 6 nitrogen and oxygen atoms in total. The molecule has 0 spiro atoms. The van der Waals surface area contributed by atoms with E-state index in [-0.39, 0.29) is 18.0 Å². The highest BCUT2D eigenvalue weighted by atomic mass is 16.2. The molecule has 130 valence electrons. The minimum absolute atomic E-state index is 0.0440. The maximum absolute atomic E-state index is 12.4. The second kappa shape index (κ2) is 8.13. The van der Waals surface area contributed by atoms with Crippen LogP contribution in [0.3, 0.4) is 0 Å². The summed E-state index contributed by atoms with van der Waals surface area (Å²) in [6.07, 6.45) is 10.8. The lowest BCUT2D eigenvalue weighted by atomic mass is 9.96. The van der Waals surface area contributed by atoms with Gasteiger partial charge in [0, 0.05) is 43.1 Å². The first kappa shape index (κ1) is 16.7. The van der Waals surface area contributed by atoms with Crippen LogP contribution in [-0.4, -0.2) is 47.0 Å². The Kier molecular flexibility index (Phi) is 5.67. The summed E-state index contributed by atoms with van der Waals surface area (Å²) in [6.45, 7) is 1.35. The fourth-order valence-corrected chi connectivity index (χ4v) is 3.56. The van der Waals surface area contributed by atoms with Crippen LogP contribution in [-0.2, 0) is 0 Å². The summed E-state index contributed by atoms with van der Waals surface area (Å²) in [5.74, 6) is 0.0440. The number of carbonyl (C=O) groups excluding carboxylic acids is 2. The Morgan fingerprint density at radius 1 is 0.917 bits per heavy atom. The Hall–Kier alpha value is -2.11. The zero-order chi connectivity index (χ0) is 16.8. The molecule has 0 bridgehead atoms. The maximum atomic E-state index is 12.4. The summed E-state index contributed by atoms with van der Waals surface area (Å²) in [4.78, 5) is 30.3. The standard InChI is InChI=1S/C18H26N4O2/c23-17(14-6-10-19-11-7-14)22-12-8-16(9-13-22)21-18(24)20-15-4-2-1-3-5-15/h6-7,10-11,15-16H,1-5,8-9,12-13H2,(H2,20,21,24). The van der Waals surface area contributed by atoms with Crippen molar-refractivity contribution in [1.82, 2.24) is 20.5 Å². The van der Waals surface area contributed by atoms with Crippen LogP contribution >= 0.6 is 0 Å². The van der Waals surface area contributed by atoms with Gasteiger partial charge in [0.2, 0.25) is 0 Å². The number of nitrogens with one attached hydrogen (secondary N) is 2. The van der Waals surface area contributed by atoms with Gasteiger partial charge in [-0.25, -0.2) is 4.79 Å². The number of nitrogens with zero attached hydrogens (tertiary/aromatic N) is 2. The number of pyridine rings is 1. The van der Waals surface area contributed by atoms with E-state index < -0.39 is 0 Å². The number of aromatic nitrogens is 1. The molecule has 24 heavy (non-hydrogen) atoms. The molecule has 2 fully saturated rings. The average molecular weight is 330 g/mol. The van der Waals surface area contributed by atoms with Crippen LogP contribution in [0.5, 0.6) is 0 Å². The maximum Gasteiger partial charge on any atom is 0.315 e. The summed E-state index contributed by atoms with van der Waals surface area (Å²) in [5.41, 5.74) is 0.673. The Labute approximate surface area is 143 Å². The first-order chi connectivity index (χ1) is 11.7. The van der Waals surface area contributed by atoms with Gasteiger partial charge in [-0.3, -0.25) is 9.78 Å². The summed E-state index contributed by atoms with van der Waals surface area (Å²) in [6, 6.07) is 3.90. The van der Waals surface area contributed by atoms with E-state index in [1.54, 1.807) is 24.5 Å². The molecule has 2 heterocycles. The van der Waals surface area contributed by atoms with E-state index in [4.69, 9.17) is 0 Å². The lowest BCUT2D eigenvalue weighted by molar-refractivity contribution is 0.0708. The van der Waals surface area contributed by atoms with Gasteiger partial charge in [-0.1, -0.05) is 19.3 Å². The van der Waals surface area contributed by atoms with Gasteiger partial charge in [0.05, 0.1) is 0 Å². The third-order valence-electron chi connectivity index (χ3n) is 4.99. The van der Waals surface area contributed by atoms with Crippen molar-refractivity contribution < 1.29 is 9.59 Å². The minimum atomic E-state index is -0.0548. The number of amides is 3. The van der Waals surface area contributed by atoms with Crippen molar-refractivity contribution in [2.45, 2.75) is 57.0 Å². The van der Waals surface area contributed by atoms with Crippen LogP contribution in [0.2, 0.25) is 0 Å². The summed E-state index contributed by atoms with van der Waals surface area (Å²) in [5, 5.41) is 6.16. The molecule has 0 radical (unpaired) electrons. The number of hydrogen-bond acceptors (Lipinski definition) is 3. The van der Waals surface area contributed by atoms with Gasteiger partial charge >= 0.3 is 6.03 Å². The molecule has 1 aromatic heterocycles. The van der Waals surface area contributed by atoms with Gasteiger partial charge in [-0.2, -0.15) is 0 Å². The first-order valence-corrected chi connectivity index (χ1v) is 8.99. The molecule has 1 aliphatic heterocycles. The van der Waals surface area contributed by atoms with Gasteiger partial charge < -0.3 is 15.5 Å². The van der Waals surface area contributed by atoms with E-state index in [9.17, 15) is 9.59 Å². The summed E-state index contributed by atoms with van der Waals surface area (Å²) in [7, 11) is 0. The molecule has 3 rings (SSSR count). The van der Waals surface area contributed by atoms with Crippen molar-refractivity contribution in [2.75, 3.05) is 13.1 Å². The normalized spacial score (nSPS) is 19.8. The minimum Gasteiger partial charge on any atom is -0.338 e. The highest BCUT2D eigenvalue weighted by Gasteiger charge is 2.25. The van der Waals surface area contributed by atoms with Crippen molar-refractivity contribution in [3.63, 3.8) is 0 Å². The molecule has 6 heteroatoms. The molecular weight excluding hydrogens is 304 g/mol. The van der Waals surface area contributed by atoms with E-state index in [1.165, 1.54) is 19.3 Å². The van der Waals surface area contributed by atoms with Crippen LogP contribution in [0.1, 0.15) is 55.3 Å². The van der Waals surface area contributed by atoms with Gasteiger partial charge in [0.25, 0.3) is 5.91 Å². The number of carbonyl (C=O) groups is 2. The highest BCUT2D eigenvalue weighted by Crippen LogP contribution is 2.18. The Morgan fingerprint density at radius 3 is 2.12 bits per heavy atom. The smallest absolute Gasteiger partial charge is 0.315 e. The van der Waals surface area contributed by atoms with E-state index in [0.29, 0.717) is 24.7 Å². The monoisotopic (exact) mass is 330 g/mol. The largest absolute Gasteiger partial charge is 0.338 e. The molecular formula is C18H26N4O2. The number of piperidine rings is 1. The summed E-state index contributed by atoms with van der Waals surface area (Å²) >= 11 is 0. The first-order valence-electron chi connectivity index (χ1n) is 8.99. The average Bonchev–Trinajstić information content (AvgIpc) is 2.63. The van der Waals surface area contributed by atoms with Gasteiger partial charge in [-0.15, -0.1) is 0 Å². The van der Waals surface area contributed by atoms with Crippen molar-refractivity contribution in [1.29, 1.82) is 0 Å². The van der Waals surface area contributed by atoms with Gasteiger partial charge in [-0.05, 0) is 37.8 Å². The van der Waals surface area contributed by atoms with Crippen LogP contribution < -0.4 is 10.6 Å². The van der Waals surface area contributed by atoms with Crippen molar-refractivity contribution in [3.05, 3.63) is 30.1 Å². The number of likely N-dealkylation sites (tertiary alicyclic amines) is 1. The quantitative estimate of drug-likeness (QED) is 0.893. The molecule has 1 saturated heterocycles. The second-order valence-corrected chi connectivity index (χ2v) is 6.76. The van der Waals surface area contributed by atoms with Crippen molar-refractivity contribution >= 4 is 11.9 Å². The predicted octanol–water partition coefficient (Wildman–Crippen LogP) is 2.32. The van der Waals surface area contributed by atoms with E-state index in [2.05, 4.69) is 15.6 Å². The van der Waals surface area contributed by atoms with Crippen molar-refractivity contribution in [3.8, 4) is 0 Å². The number of urea groups is 1. The van der Waals surface area contributed by atoms with Gasteiger partial charge in [0.1, 0.15) is 0 Å². The third kappa shape index (κ3) is 4.46. The molecule has 1 saturated carbocycles. The molecule has 0 atom stereocenters. The number of rotatable bonds is 3. The van der Waals surface area contributed by atoms with E-state index >= 15 is 0 Å². The van der Waals surface area contributed by atoms with Gasteiger partial charge in [0.15, 0.2) is 0 Å². The van der Waals surface area contributed by atoms with Crippen molar-refractivity contribution in [2.24, 2.45) is 0 Å². The topological polar surface area (TPSA) is 74.3 Å². The molecule has 1 aromatic rings. The lowest BCUT2D eigenvalue weighted by Crippen LogP contribution is -2.51. The SMILES string of the molecule is O=C(NC1CCCCC1)NC1CCN(C(=O)c2ccncc2)CC1. The molecule has 3 amide bonds. The third-order valence-corrected chi connectivity index (χ3v) is 4.99. The predicted molar refractivity (Wildman–Crippen MR) is 91.7 cm³/mol. The number of hydrogen-bond donors (Lipinski definition) is 2. The Morgan fingerprint density at radius 2 is 1.50 bits per heavy atom. The lowest BCUT2D eigenvalue weighted by Gasteiger charge is -2.33.